The Labute approximate surface area is 111 Å². The van der Waals surface area contributed by atoms with Crippen LogP contribution in [0.15, 0.2) is 23.1 Å². The molecule has 1 aromatic carbocycles. The predicted molar refractivity (Wildman–Crippen MR) is 69.6 cm³/mol. The first-order valence-electron chi connectivity index (χ1n) is 5.89. The van der Waals surface area contributed by atoms with E-state index in [1.165, 1.54) is 12.1 Å². The number of rotatable bonds is 3. The molecule has 1 fully saturated rings. The van der Waals surface area contributed by atoms with Crippen LogP contribution in [-0.2, 0) is 10.0 Å². The Morgan fingerprint density at radius 1 is 1.47 bits per heavy atom. The average molecular weight is 288 g/mol. The summed E-state index contributed by atoms with van der Waals surface area (Å²) in [6, 6.07) is 3.43. The molecule has 1 aliphatic rings. The number of hydrogen-bond acceptors (Lipinski definition) is 4. The second-order valence-corrected chi connectivity index (χ2v) is 7.02. The van der Waals surface area contributed by atoms with Crippen LogP contribution in [0.1, 0.15) is 20.3 Å². The van der Waals surface area contributed by atoms with Crippen molar-refractivity contribution in [3.8, 4) is 0 Å². The summed E-state index contributed by atoms with van der Waals surface area (Å²) in [4.78, 5) is -0.261. The van der Waals surface area contributed by atoms with Crippen molar-refractivity contribution in [2.45, 2.75) is 37.3 Å². The highest BCUT2D eigenvalue weighted by molar-refractivity contribution is 7.89. The molecule has 7 heteroatoms. The van der Waals surface area contributed by atoms with E-state index in [-0.39, 0.29) is 22.0 Å². The molecule has 0 heterocycles. The van der Waals surface area contributed by atoms with Crippen LogP contribution in [0.4, 0.5) is 10.1 Å². The van der Waals surface area contributed by atoms with Gasteiger partial charge in [-0.1, -0.05) is 13.8 Å². The Kier molecular flexibility index (Phi) is 3.32. The van der Waals surface area contributed by atoms with Crippen molar-refractivity contribution < 1.29 is 17.9 Å². The Balaban J connectivity index is 2.20. The van der Waals surface area contributed by atoms with Gasteiger partial charge in [0.05, 0.1) is 16.7 Å². The fraction of sp³-hybridized carbons (Fsp3) is 0.500. The highest BCUT2D eigenvalue weighted by Gasteiger charge is 2.47. The fourth-order valence-corrected chi connectivity index (χ4v) is 2.65. The van der Waals surface area contributed by atoms with E-state index in [2.05, 4.69) is 5.32 Å². The highest BCUT2D eigenvalue weighted by atomic mass is 32.2. The van der Waals surface area contributed by atoms with Gasteiger partial charge in [-0.05, 0) is 24.6 Å². The Bertz CT molecular complexity index is 601. The third-order valence-electron chi connectivity index (χ3n) is 3.81. The number of hydrogen-bond donors (Lipinski definition) is 3. The topological polar surface area (TPSA) is 92.4 Å². The number of primary sulfonamides is 1. The number of anilines is 1. The smallest absolute Gasteiger partial charge is 0.238 e. The van der Waals surface area contributed by atoms with Crippen molar-refractivity contribution in [2.24, 2.45) is 10.6 Å². The first-order chi connectivity index (χ1) is 8.62. The average Bonchev–Trinajstić information content (AvgIpc) is 2.29. The number of benzene rings is 1. The van der Waals surface area contributed by atoms with Gasteiger partial charge in [-0.3, -0.25) is 0 Å². The van der Waals surface area contributed by atoms with Crippen molar-refractivity contribution in [1.82, 2.24) is 0 Å². The van der Waals surface area contributed by atoms with Crippen LogP contribution in [-0.4, -0.2) is 25.7 Å². The summed E-state index contributed by atoms with van der Waals surface area (Å²) in [6.07, 6.45) is 0.111. The molecule has 0 aromatic heterocycles. The first-order valence-corrected chi connectivity index (χ1v) is 7.44. The number of halogens is 1. The van der Waals surface area contributed by atoms with Gasteiger partial charge in [0.1, 0.15) is 5.82 Å². The van der Waals surface area contributed by atoms with Crippen LogP contribution >= 0.6 is 0 Å². The van der Waals surface area contributed by atoms with E-state index in [9.17, 15) is 17.9 Å². The van der Waals surface area contributed by atoms with Gasteiger partial charge in [-0.25, -0.2) is 17.9 Å². The van der Waals surface area contributed by atoms with E-state index in [1.54, 1.807) is 0 Å². The summed E-state index contributed by atoms with van der Waals surface area (Å²) in [5.41, 5.74) is -0.136. The molecular weight excluding hydrogens is 271 g/mol. The van der Waals surface area contributed by atoms with Crippen molar-refractivity contribution in [3.63, 3.8) is 0 Å². The predicted octanol–water partition coefficient (Wildman–Crippen LogP) is 1.04. The molecule has 0 aliphatic heterocycles. The molecule has 4 N–H and O–H groups in total. The molecule has 2 atom stereocenters. The molecule has 2 unspecified atom stereocenters. The van der Waals surface area contributed by atoms with Gasteiger partial charge >= 0.3 is 0 Å². The molecule has 5 nitrogen and oxygen atoms in total. The van der Waals surface area contributed by atoms with Gasteiger partial charge in [0, 0.05) is 11.5 Å². The van der Waals surface area contributed by atoms with Gasteiger partial charge in [0.25, 0.3) is 0 Å². The van der Waals surface area contributed by atoms with E-state index in [1.807, 2.05) is 13.8 Å². The number of nitrogens with two attached hydrogens (primary N) is 1. The molecule has 19 heavy (non-hydrogen) atoms. The zero-order chi connectivity index (χ0) is 14.4. The summed E-state index contributed by atoms with van der Waals surface area (Å²) >= 11 is 0. The van der Waals surface area contributed by atoms with E-state index < -0.39 is 21.9 Å². The minimum atomic E-state index is -3.90. The number of nitrogens with one attached hydrogen (secondary N) is 1. The molecule has 1 aromatic rings. The second kappa shape index (κ2) is 4.43. The lowest BCUT2D eigenvalue weighted by molar-refractivity contribution is -0.0511. The molecule has 106 valence electrons. The maximum absolute atomic E-state index is 13.8. The molecule has 1 aliphatic carbocycles. The number of aliphatic hydroxyl groups excluding tert-OH is 1. The standard InChI is InChI=1S/C12H17FN2O3S/c1-12(2)10(6-11(12)16)15-9-4-3-7(5-8(9)13)19(14,17)18/h3-5,10-11,15-16H,6H2,1-2H3,(H2,14,17,18). The van der Waals surface area contributed by atoms with Crippen molar-refractivity contribution >= 4 is 15.7 Å². The normalized spacial score (nSPS) is 25.7. The van der Waals surface area contributed by atoms with Gasteiger partial charge in [-0.2, -0.15) is 0 Å². The monoisotopic (exact) mass is 288 g/mol. The van der Waals surface area contributed by atoms with E-state index in [0.29, 0.717) is 6.42 Å². The first kappa shape index (κ1) is 14.2. The summed E-state index contributed by atoms with van der Waals surface area (Å²) < 4.78 is 36.0. The quantitative estimate of drug-likeness (QED) is 0.775. The van der Waals surface area contributed by atoms with Crippen LogP contribution in [0, 0.1) is 11.2 Å². The third kappa shape index (κ3) is 2.58. The molecule has 0 bridgehead atoms. The highest BCUT2D eigenvalue weighted by Crippen LogP contribution is 2.42. The van der Waals surface area contributed by atoms with Crippen molar-refractivity contribution in [1.29, 1.82) is 0 Å². The van der Waals surface area contributed by atoms with Gasteiger partial charge < -0.3 is 10.4 Å². The minimum Gasteiger partial charge on any atom is -0.392 e. The molecule has 2 rings (SSSR count). The SMILES string of the molecule is CC1(C)C(O)CC1Nc1ccc(S(N)(=O)=O)cc1F. The number of sulfonamides is 1. The molecule has 1 saturated carbocycles. The summed E-state index contributed by atoms with van der Waals surface area (Å²) in [5.74, 6) is -0.677. The Morgan fingerprint density at radius 2 is 2.11 bits per heavy atom. The Morgan fingerprint density at radius 3 is 2.53 bits per heavy atom. The van der Waals surface area contributed by atoms with Crippen molar-refractivity contribution in [3.05, 3.63) is 24.0 Å². The lowest BCUT2D eigenvalue weighted by Crippen LogP contribution is -2.57. The molecule has 0 saturated heterocycles. The molecular formula is C12H17FN2O3S. The largest absolute Gasteiger partial charge is 0.392 e. The lowest BCUT2D eigenvalue weighted by atomic mass is 9.64. The van der Waals surface area contributed by atoms with Crippen LogP contribution in [0.25, 0.3) is 0 Å². The summed E-state index contributed by atoms with van der Waals surface area (Å²) in [6.45, 7) is 3.77. The maximum atomic E-state index is 13.8. The zero-order valence-corrected chi connectivity index (χ0v) is 11.5. The zero-order valence-electron chi connectivity index (χ0n) is 10.7. The van der Waals surface area contributed by atoms with Gasteiger partial charge in [0.15, 0.2) is 0 Å². The summed E-state index contributed by atoms with van der Waals surface area (Å²) in [7, 11) is -3.90. The number of aliphatic hydroxyl groups is 1. The molecule has 0 spiro atoms. The van der Waals surface area contributed by atoms with E-state index in [4.69, 9.17) is 5.14 Å². The molecule has 0 amide bonds. The van der Waals surface area contributed by atoms with Crippen LogP contribution in [0.5, 0.6) is 0 Å². The van der Waals surface area contributed by atoms with E-state index in [0.717, 1.165) is 6.07 Å². The van der Waals surface area contributed by atoms with Crippen LogP contribution in [0.3, 0.4) is 0 Å². The van der Waals surface area contributed by atoms with Gasteiger partial charge in [0.2, 0.25) is 10.0 Å². The minimum absolute atomic E-state index is 0.0580. The fourth-order valence-electron chi connectivity index (χ4n) is 2.12. The van der Waals surface area contributed by atoms with Crippen LogP contribution < -0.4 is 10.5 Å². The lowest BCUT2D eigenvalue weighted by Gasteiger charge is -2.49. The van der Waals surface area contributed by atoms with Crippen molar-refractivity contribution in [2.75, 3.05) is 5.32 Å². The Hall–Kier alpha value is -1.18. The van der Waals surface area contributed by atoms with E-state index >= 15 is 0 Å². The van der Waals surface area contributed by atoms with Gasteiger partial charge in [-0.15, -0.1) is 0 Å². The maximum Gasteiger partial charge on any atom is 0.238 e. The third-order valence-corrected chi connectivity index (χ3v) is 4.73. The summed E-state index contributed by atoms with van der Waals surface area (Å²) in [5, 5.41) is 17.5. The van der Waals surface area contributed by atoms with Crippen LogP contribution in [0.2, 0.25) is 0 Å². The molecule has 0 radical (unpaired) electrons. The second-order valence-electron chi connectivity index (χ2n) is 5.46.